The number of halogens is 3. The van der Waals surface area contributed by atoms with E-state index in [0.717, 1.165) is 24.7 Å². The summed E-state index contributed by atoms with van der Waals surface area (Å²) in [6.45, 7) is 2.73. The van der Waals surface area contributed by atoms with E-state index in [9.17, 15) is 13.2 Å². The summed E-state index contributed by atoms with van der Waals surface area (Å²) in [5.41, 5.74) is 2.39. The second-order valence-corrected chi connectivity index (χ2v) is 5.14. The third-order valence-corrected chi connectivity index (χ3v) is 3.50. The first-order valence-corrected chi connectivity index (χ1v) is 7.25. The van der Waals surface area contributed by atoms with E-state index < -0.39 is 11.7 Å². The molecule has 1 N–H and O–H groups in total. The molecule has 0 saturated heterocycles. The van der Waals surface area contributed by atoms with Crippen LogP contribution in [0, 0.1) is 0 Å². The highest BCUT2D eigenvalue weighted by Gasteiger charge is 2.31. The number of hydrogen-bond acceptors (Lipinski definition) is 3. The molecule has 0 aliphatic heterocycles. The quantitative estimate of drug-likeness (QED) is 0.893. The molecule has 0 amide bonds. The lowest BCUT2D eigenvalue weighted by Gasteiger charge is -2.18. The number of nitrogens with zero attached hydrogens (tertiary/aromatic N) is 1. The van der Waals surface area contributed by atoms with Crippen LogP contribution < -0.4 is 5.32 Å². The molecule has 1 heterocycles. The van der Waals surface area contributed by atoms with E-state index in [1.807, 2.05) is 12.3 Å². The highest BCUT2D eigenvalue weighted by Crippen LogP contribution is 2.32. The van der Waals surface area contributed by atoms with E-state index >= 15 is 0 Å². The van der Waals surface area contributed by atoms with E-state index in [-0.39, 0.29) is 6.04 Å². The molecule has 0 bridgehead atoms. The van der Waals surface area contributed by atoms with E-state index in [0.29, 0.717) is 5.56 Å². The van der Waals surface area contributed by atoms with Crippen LogP contribution in [0.5, 0.6) is 0 Å². The molecule has 2 nitrogen and oxygen atoms in total. The Balaban J connectivity index is 2.34. The van der Waals surface area contributed by atoms with Crippen LogP contribution in [0.25, 0.3) is 0 Å². The maximum Gasteiger partial charge on any atom is 0.416 e. The molecule has 2 aromatic rings. The third-order valence-electron chi connectivity index (χ3n) is 2.89. The van der Waals surface area contributed by atoms with Crippen molar-refractivity contribution in [3.05, 3.63) is 52.0 Å². The van der Waals surface area contributed by atoms with Gasteiger partial charge in [0.05, 0.1) is 22.8 Å². The monoisotopic (exact) mass is 300 g/mol. The SMILES string of the molecule is CCCNC(c1cccc(C(F)(F)F)c1)c1cscn1. The summed E-state index contributed by atoms with van der Waals surface area (Å²) >= 11 is 1.43. The molecule has 6 heteroatoms. The topological polar surface area (TPSA) is 24.9 Å². The van der Waals surface area contributed by atoms with E-state index in [1.165, 1.54) is 23.5 Å². The predicted octanol–water partition coefficient (Wildman–Crippen LogP) is 4.25. The largest absolute Gasteiger partial charge is 0.416 e. The molecule has 2 rings (SSSR count). The average Bonchev–Trinajstić information content (AvgIpc) is 2.92. The van der Waals surface area contributed by atoms with Crippen LogP contribution >= 0.6 is 11.3 Å². The Kier molecular flexibility index (Phi) is 4.77. The highest BCUT2D eigenvalue weighted by molar-refractivity contribution is 7.07. The van der Waals surface area contributed by atoms with Crippen molar-refractivity contribution in [2.45, 2.75) is 25.6 Å². The van der Waals surface area contributed by atoms with Crippen molar-refractivity contribution in [1.29, 1.82) is 0 Å². The molecule has 1 unspecified atom stereocenters. The summed E-state index contributed by atoms with van der Waals surface area (Å²) in [5, 5.41) is 5.10. The molecule has 1 aromatic heterocycles. The number of rotatable bonds is 5. The predicted molar refractivity (Wildman–Crippen MR) is 73.7 cm³/mol. The average molecular weight is 300 g/mol. The Morgan fingerprint density at radius 2 is 2.15 bits per heavy atom. The fraction of sp³-hybridized carbons (Fsp3) is 0.357. The van der Waals surface area contributed by atoms with Crippen molar-refractivity contribution in [2.75, 3.05) is 6.54 Å². The second-order valence-electron chi connectivity index (χ2n) is 4.42. The first kappa shape index (κ1) is 15.0. The van der Waals surface area contributed by atoms with Gasteiger partial charge in [0.1, 0.15) is 0 Å². The maximum absolute atomic E-state index is 12.8. The molecule has 0 aliphatic carbocycles. The zero-order valence-corrected chi connectivity index (χ0v) is 11.8. The number of benzene rings is 1. The molecule has 108 valence electrons. The van der Waals surface area contributed by atoms with Gasteiger partial charge in [-0.05, 0) is 30.7 Å². The zero-order valence-electron chi connectivity index (χ0n) is 10.9. The zero-order chi connectivity index (χ0) is 14.6. The van der Waals surface area contributed by atoms with Crippen molar-refractivity contribution < 1.29 is 13.2 Å². The van der Waals surface area contributed by atoms with Gasteiger partial charge in [-0.2, -0.15) is 13.2 Å². The normalized spacial score (nSPS) is 13.4. The molecule has 0 saturated carbocycles. The molecule has 0 spiro atoms. The number of aromatic nitrogens is 1. The van der Waals surface area contributed by atoms with Crippen molar-refractivity contribution in [1.82, 2.24) is 10.3 Å². The van der Waals surface area contributed by atoms with Crippen molar-refractivity contribution in [2.24, 2.45) is 0 Å². The first-order valence-electron chi connectivity index (χ1n) is 6.31. The smallest absolute Gasteiger partial charge is 0.305 e. The van der Waals surface area contributed by atoms with E-state index in [2.05, 4.69) is 10.3 Å². The van der Waals surface area contributed by atoms with Gasteiger partial charge < -0.3 is 5.32 Å². The van der Waals surface area contributed by atoms with Crippen molar-refractivity contribution in [3.63, 3.8) is 0 Å². The number of hydrogen-bond donors (Lipinski definition) is 1. The van der Waals surface area contributed by atoms with Crippen LogP contribution in [0.1, 0.15) is 36.2 Å². The van der Waals surface area contributed by atoms with Crippen molar-refractivity contribution in [3.8, 4) is 0 Å². The minimum absolute atomic E-state index is 0.302. The lowest BCUT2D eigenvalue weighted by atomic mass is 10.0. The van der Waals surface area contributed by atoms with E-state index in [1.54, 1.807) is 11.6 Å². The molecule has 1 atom stereocenters. The number of nitrogens with one attached hydrogen (secondary N) is 1. The van der Waals surface area contributed by atoms with Gasteiger partial charge in [0.25, 0.3) is 0 Å². The van der Waals surface area contributed by atoms with Crippen molar-refractivity contribution >= 4 is 11.3 Å². The standard InChI is InChI=1S/C14H15F3N2S/c1-2-6-18-13(12-8-20-9-19-12)10-4-3-5-11(7-10)14(15,16)17/h3-5,7-9,13,18H,2,6H2,1H3. The molecule has 20 heavy (non-hydrogen) atoms. The highest BCUT2D eigenvalue weighted by atomic mass is 32.1. The lowest BCUT2D eigenvalue weighted by Crippen LogP contribution is -2.23. The Morgan fingerprint density at radius 1 is 1.35 bits per heavy atom. The van der Waals surface area contributed by atoms with Crippen LogP contribution in [-0.2, 0) is 6.18 Å². The molecule has 0 fully saturated rings. The third kappa shape index (κ3) is 3.58. The fourth-order valence-corrected chi connectivity index (χ4v) is 2.52. The summed E-state index contributed by atoms with van der Waals surface area (Å²) in [7, 11) is 0. The van der Waals surface area contributed by atoms with E-state index in [4.69, 9.17) is 0 Å². The van der Waals surface area contributed by atoms with Gasteiger partial charge in [-0.15, -0.1) is 11.3 Å². The lowest BCUT2D eigenvalue weighted by molar-refractivity contribution is -0.137. The summed E-state index contributed by atoms with van der Waals surface area (Å²) in [5.74, 6) is 0. The Labute approximate surface area is 119 Å². The van der Waals surface area contributed by atoms with Gasteiger partial charge in [-0.1, -0.05) is 19.1 Å². The van der Waals surface area contributed by atoms with Gasteiger partial charge in [-0.25, -0.2) is 4.98 Å². The van der Waals surface area contributed by atoms with Crippen LogP contribution in [0.2, 0.25) is 0 Å². The summed E-state index contributed by atoms with van der Waals surface area (Å²) in [4.78, 5) is 4.21. The van der Waals surface area contributed by atoms with Gasteiger partial charge in [0, 0.05) is 5.38 Å². The number of alkyl halides is 3. The molecular weight excluding hydrogens is 285 g/mol. The van der Waals surface area contributed by atoms with Gasteiger partial charge in [-0.3, -0.25) is 0 Å². The maximum atomic E-state index is 12.8. The minimum atomic E-state index is -4.33. The minimum Gasteiger partial charge on any atom is -0.305 e. The summed E-state index contributed by atoms with van der Waals surface area (Å²) < 4.78 is 38.4. The first-order chi connectivity index (χ1) is 9.52. The molecule has 0 aliphatic rings. The van der Waals surface area contributed by atoms with Crippen LogP contribution in [0.3, 0.4) is 0 Å². The number of thiazole rings is 1. The summed E-state index contributed by atoms with van der Waals surface area (Å²) in [6.07, 6.45) is -3.42. The summed E-state index contributed by atoms with van der Waals surface area (Å²) in [6, 6.07) is 5.10. The Morgan fingerprint density at radius 3 is 2.75 bits per heavy atom. The van der Waals surface area contributed by atoms with Gasteiger partial charge in [0.2, 0.25) is 0 Å². The second kappa shape index (κ2) is 6.37. The van der Waals surface area contributed by atoms with Crippen LogP contribution in [0.4, 0.5) is 13.2 Å². The fourth-order valence-electron chi connectivity index (χ4n) is 1.94. The Bertz CT molecular complexity index is 538. The van der Waals surface area contributed by atoms with Gasteiger partial charge >= 0.3 is 6.18 Å². The molecular formula is C14H15F3N2S. The van der Waals surface area contributed by atoms with Crippen LogP contribution in [-0.4, -0.2) is 11.5 Å². The van der Waals surface area contributed by atoms with Crippen LogP contribution in [0.15, 0.2) is 35.2 Å². The molecule has 0 radical (unpaired) electrons. The molecule has 1 aromatic carbocycles. The Hall–Kier alpha value is -1.40. The van der Waals surface area contributed by atoms with Gasteiger partial charge in [0.15, 0.2) is 0 Å².